The van der Waals surface area contributed by atoms with Gasteiger partial charge in [0.1, 0.15) is 0 Å². The van der Waals surface area contributed by atoms with Crippen LogP contribution in [0.2, 0.25) is 0 Å². The van der Waals surface area contributed by atoms with Crippen molar-refractivity contribution in [3.05, 3.63) is 0 Å². The van der Waals surface area contributed by atoms with E-state index in [0.29, 0.717) is 0 Å². The van der Waals surface area contributed by atoms with Gasteiger partial charge in [-0.25, -0.2) is 0 Å². The zero-order valence-corrected chi connectivity index (χ0v) is 14.9. The van der Waals surface area contributed by atoms with Crippen LogP contribution in [-0.2, 0) is 9.05 Å². The van der Waals surface area contributed by atoms with E-state index < -0.39 is 7.58 Å². The summed E-state index contributed by atoms with van der Waals surface area (Å²) in [5.41, 5.74) is 0. The van der Waals surface area contributed by atoms with Crippen LogP contribution in [0, 0.1) is 0 Å². The summed E-state index contributed by atoms with van der Waals surface area (Å²) in [4.78, 5) is 0. The first-order valence-corrected chi connectivity index (χ1v) is 10.8. The first-order chi connectivity index (χ1) is 9.35. The van der Waals surface area contributed by atoms with Gasteiger partial charge in [-0.15, -0.1) is 0 Å². The quantitative estimate of drug-likeness (QED) is 0.252. The van der Waals surface area contributed by atoms with Crippen molar-refractivity contribution in [3.63, 3.8) is 0 Å². The molecule has 0 bridgehead atoms. The van der Waals surface area contributed by atoms with Crippen LogP contribution < -0.4 is 0 Å². The van der Waals surface area contributed by atoms with Gasteiger partial charge in [0.2, 0.25) is 7.58 Å². The van der Waals surface area contributed by atoms with Crippen molar-refractivity contribution >= 4 is 19.0 Å². The number of rotatable bonds is 15. The Morgan fingerprint density at radius 2 is 1.16 bits per heavy atom. The van der Waals surface area contributed by atoms with Gasteiger partial charge in [-0.05, 0) is 19.3 Å². The predicted octanol–water partition coefficient (Wildman–Crippen LogP) is 6.55. The third-order valence-corrected chi connectivity index (χ3v) is 6.12. The molecule has 0 rings (SSSR count). The summed E-state index contributed by atoms with van der Waals surface area (Å²) in [6.45, 7) is 8.44. The summed E-state index contributed by atoms with van der Waals surface area (Å²) in [5.74, 6) is 1.18. The minimum atomic E-state index is -0.694. The fourth-order valence-electron chi connectivity index (χ4n) is 1.59. The molecule has 0 aliphatic rings. The fourth-order valence-corrected chi connectivity index (χ4v) is 4.58. The minimum Gasteiger partial charge on any atom is -0.326 e. The molecule has 0 N–H and O–H groups in total. The molecule has 0 aliphatic carbocycles. The third-order valence-electron chi connectivity index (χ3n) is 2.83. The third kappa shape index (κ3) is 14.9. The Balaban J connectivity index is 3.66. The van der Waals surface area contributed by atoms with Crippen molar-refractivity contribution in [1.82, 2.24) is 0 Å². The molecule has 4 heteroatoms. The summed E-state index contributed by atoms with van der Waals surface area (Å²) >= 11 is 1.90. The lowest BCUT2D eigenvalue weighted by atomic mass is 10.3. The molecular weight excluding hydrogens is 275 g/mol. The van der Waals surface area contributed by atoms with Gasteiger partial charge in [-0.3, -0.25) is 0 Å². The van der Waals surface area contributed by atoms with E-state index in [9.17, 15) is 0 Å². The van der Waals surface area contributed by atoms with E-state index in [1.54, 1.807) is 0 Å². The van der Waals surface area contributed by atoms with Gasteiger partial charge in [0.25, 0.3) is 0 Å². The number of hydrogen-bond acceptors (Lipinski definition) is 3. The van der Waals surface area contributed by atoms with Crippen LogP contribution in [0.3, 0.4) is 0 Å². The van der Waals surface area contributed by atoms with Crippen LogP contribution in [0.1, 0.15) is 78.6 Å². The second-order valence-corrected chi connectivity index (χ2v) is 8.14. The first-order valence-electron chi connectivity index (χ1n) is 8.04. The summed E-state index contributed by atoms with van der Waals surface area (Å²) in [6.07, 6.45) is 11.3. The monoisotopic (exact) mass is 308 g/mol. The fraction of sp³-hybridized carbons (Fsp3) is 1.00. The Hall–Kier alpha value is 0.700. The smallest absolute Gasteiger partial charge is 0.238 e. The lowest BCUT2D eigenvalue weighted by Gasteiger charge is -2.16. The molecule has 0 aromatic heterocycles. The Kier molecular flexibility index (Phi) is 17.4. The van der Waals surface area contributed by atoms with Gasteiger partial charge in [-0.2, -0.15) is 0 Å². The van der Waals surface area contributed by atoms with Crippen molar-refractivity contribution in [2.45, 2.75) is 78.6 Å². The molecule has 19 heavy (non-hydrogen) atoms. The Bertz CT molecular complexity index is 142. The Morgan fingerprint density at radius 3 is 1.63 bits per heavy atom. The maximum absolute atomic E-state index is 5.91. The average Bonchev–Trinajstić information content (AvgIpc) is 2.43. The summed E-state index contributed by atoms with van der Waals surface area (Å²) < 4.78 is 11.8. The van der Waals surface area contributed by atoms with E-state index >= 15 is 0 Å². The molecule has 0 saturated carbocycles. The summed E-state index contributed by atoms with van der Waals surface area (Å²) in [5, 5.41) is 0. The lowest BCUT2D eigenvalue weighted by molar-refractivity contribution is 0.253. The zero-order chi connectivity index (χ0) is 14.2. The van der Waals surface area contributed by atoms with Crippen LogP contribution in [-0.4, -0.2) is 19.0 Å². The molecule has 0 saturated heterocycles. The van der Waals surface area contributed by atoms with Gasteiger partial charge in [0, 0.05) is 5.75 Å². The minimum absolute atomic E-state index is 0.694. The van der Waals surface area contributed by atoms with E-state index in [-0.39, 0.29) is 0 Å². The van der Waals surface area contributed by atoms with Gasteiger partial charge in [-0.1, -0.05) is 70.7 Å². The van der Waals surface area contributed by atoms with Crippen LogP contribution >= 0.6 is 19.0 Å². The maximum atomic E-state index is 5.91. The standard InChI is InChI=1S/C15H33O2PS/c1-4-7-10-13-16-18(17-14-11-8-5-2)19-15-12-9-6-3/h4-15H2,1-3H3. The molecule has 0 spiro atoms. The van der Waals surface area contributed by atoms with Crippen molar-refractivity contribution < 1.29 is 9.05 Å². The molecule has 0 fully saturated rings. The molecule has 0 atom stereocenters. The van der Waals surface area contributed by atoms with Crippen LogP contribution in [0.4, 0.5) is 0 Å². The van der Waals surface area contributed by atoms with Gasteiger partial charge in [0.15, 0.2) is 0 Å². The van der Waals surface area contributed by atoms with Gasteiger partial charge in [0.05, 0.1) is 13.2 Å². The highest BCUT2D eigenvalue weighted by molar-refractivity contribution is 8.52. The van der Waals surface area contributed by atoms with Crippen LogP contribution in [0.25, 0.3) is 0 Å². The SMILES string of the molecule is CCCCCOP(OCCCCC)SCCCCC. The zero-order valence-electron chi connectivity index (χ0n) is 13.2. The van der Waals surface area contributed by atoms with Crippen molar-refractivity contribution in [1.29, 1.82) is 0 Å². The van der Waals surface area contributed by atoms with Crippen molar-refractivity contribution in [2.75, 3.05) is 19.0 Å². The second kappa shape index (κ2) is 16.8. The number of unbranched alkanes of at least 4 members (excludes halogenated alkanes) is 6. The van der Waals surface area contributed by atoms with Crippen LogP contribution in [0.15, 0.2) is 0 Å². The highest BCUT2D eigenvalue weighted by atomic mass is 32.7. The van der Waals surface area contributed by atoms with E-state index in [2.05, 4.69) is 20.8 Å². The molecule has 0 aromatic rings. The average molecular weight is 308 g/mol. The van der Waals surface area contributed by atoms with Crippen molar-refractivity contribution in [2.24, 2.45) is 0 Å². The lowest BCUT2D eigenvalue weighted by Crippen LogP contribution is -1.95. The predicted molar refractivity (Wildman–Crippen MR) is 89.9 cm³/mol. The number of hydrogen-bond donors (Lipinski definition) is 0. The van der Waals surface area contributed by atoms with Crippen molar-refractivity contribution in [3.8, 4) is 0 Å². The van der Waals surface area contributed by atoms with Gasteiger partial charge < -0.3 is 9.05 Å². The van der Waals surface area contributed by atoms with E-state index in [0.717, 1.165) is 13.2 Å². The molecular formula is C15H33O2PS. The molecule has 0 radical (unpaired) electrons. The largest absolute Gasteiger partial charge is 0.326 e. The van der Waals surface area contributed by atoms with E-state index in [1.165, 1.54) is 63.5 Å². The molecule has 0 aliphatic heterocycles. The highest BCUT2D eigenvalue weighted by Gasteiger charge is 2.11. The molecule has 116 valence electrons. The molecule has 0 unspecified atom stereocenters. The van der Waals surface area contributed by atoms with Crippen LogP contribution in [0.5, 0.6) is 0 Å². The van der Waals surface area contributed by atoms with E-state index in [4.69, 9.17) is 9.05 Å². The maximum Gasteiger partial charge on any atom is 0.238 e. The summed E-state index contributed by atoms with van der Waals surface area (Å²) in [6, 6.07) is 0. The summed E-state index contributed by atoms with van der Waals surface area (Å²) in [7, 11) is -0.694. The second-order valence-electron chi connectivity index (χ2n) is 4.84. The van der Waals surface area contributed by atoms with Gasteiger partial charge >= 0.3 is 0 Å². The molecule has 0 amide bonds. The molecule has 0 aromatic carbocycles. The molecule has 2 nitrogen and oxygen atoms in total. The first kappa shape index (κ1) is 19.7. The normalized spacial score (nSPS) is 11.4. The Morgan fingerprint density at radius 1 is 0.684 bits per heavy atom. The topological polar surface area (TPSA) is 18.5 Å². The van der Waals surface area contributed by atoms with E-state index in [1.807, 2.05) is 11.4 Å². The Labute approximate surface area is 126 Å². The molecule has 0 heterocycles. The highest BCUT2D eigenvalue weighted by Crippen LogP contribution is 2.52.